The molecule has 0 fully saturated rings. The maximum Gasteiger partial charge on any atom is 0.0267 e. The van der Waals surface area contributed by atoms with Gasteiger partial charge in [0.2, 0.25) is 0 Å². The van der Waals surface area contributed by atoms with Gasteiger partial charge in [-0.05, 0) is 18.9 Å². The third-order valence-corrected chi connectivity index (χ3v) is 3.35. The van der Waals surface area contributed by atoms with Gasteiger partial charge in [0.25, 0.3) is 0 Å². The van der Waals surface area contributed by atoms with Gasteiger partial charge in [-0.1, -0.05) is 62.4 Å². The van der Waals surface area contributed by atoms with Crippen molar-refractivity contribution in [3.8, 4) is 0 Å². The van der Waals surface area contributed by atoms with Crippen molar-refractivity contribution >= 4 is 12.6 Å². The molecule has 0 saturated carbocycles. The Labute approximate surface area is 99.5 Å². The van der Waals surface area contributed by atoms with Gasteiger partial charge in [-0.3, -0.25) is 0 Å². The number of unbranched alkanes of at least 4 members (excludes halogenated alkanes) is 3. The fourth-order valence-corrected chi connectivity index (χ4v) is 2.07. The molecule has 0 aliphatic heterocycles. The number of rotatable bonds is 6. The second kappa shape index (κ2) is 6.95. The molecule has 0 radical (unpaired) electrons. The van der Waals surface area contributed by atoms with Gasteiger partial charge in [-0.15, -0.1) is 0 Å². The largest absolute Gasteiger partial charge is 0.171 e. The molecule has 1 unspecified atom stereocenters. The molecule has 0 amide bonds. The maximum absolute atomic E-state index is 4.66. The average Bonchev–Trinajstić information content (AvgIpc) is 2.25. The number of aryl methyl sites for hydroxylation is 1. The molecule has 1 heteroatoms. The number of hydrogen-bond donors (Lipinski definition) is 1. The van der Waals surface area contributed by atoms with E-state index < -0.39 is 0 Å². The zero-order chi connectivity index (χ0) is 11.1. The molecule has 0 heterocycles. The van der Waals surface area contributed by atoms with Gasteiger partial charge >= 0.3 is 0 Å². The van der Waals surface area contributed by atoms with E-state index in [0.29, 0.717) is 5.25 Å². The van der Waals surface area contributed by atoms with Crippen LogP contribution in [0.2, 0.25) is 0 Å². The topological polar surface area (TPSA) is 0 Å². The van der Waals surface area contributed by atoms with Crippen molar-refractivity contribution in [1.82, 2.24) is 0 Å². The summed E-state index contributed by atoms with van der Waals surface area (Å²) in [4.78, 5) is 0. The molecule has 1 aromatic rings. The smallest absolute Gasteiger partial charge is 0.0267 e. The van der Waals surface area contributed by atoms with Gasteiger partial charge in [0.1, 0.15) is 0 Å². The van der Waals surface area contributed by atoms with E-state index in [-0.39, 0.29) is 0 Å². The van der Waals surface area contributed by atoms with Gasteiger partial charge in [0.05, 0.1) is 0 Å². The molecule has 0 saturated heterocycles. The summed E-state index contributed by atoms with van der Waals surface area (Å²) in [5, 5.41) is 0.419. The fraction of sp³-hybridized carbons (Fsp3) is 0.571. The molecule has 0 aliphatic rings. The fourth-order valence-electron chi connectivity index (χ4n) is 1.72. The first-order chi connectivity index (χ1) is 7.24. The zero-order valence-corrected chi connectivity index (χ0v) is 10.8. The Morgan fingerprint density at radius 2 is 1.73 bits per heavy atom. The molecule has 15 heavy (non-hydrogen) atoms. The lowest BCUT2D eigenvalue weighted by molar-refractivity contribution is 0.628. The SMILES string of the molecule is CCCCCCC(S)c1ccc(C)cc1. The Bertz CT molecular complexity index is 263. The van der Waals surface area contributed by atoms with Crippen LogP contribution in [-0.4, -0.2) is 0 Å². The molecule has 84 valence electrons. The van der Waals surface area contributed by atoms with Gasteiger partial charge in [0.15, 0.2) is 0 Å². The van der Waals surface area contributed by atoms with Crippen LogP contribution in [0.4, 0.5) is 0 Å². The van der Waals surface area contributed by atoms with Crippen molar-refractivity contribution in [2.24, 2.45) is 0 Å². The molecule has 0 nitrogen and oxygen atoms in total. The Morgan fingerprint density at radius 3 is 2.33 bits per heavy atom. The standard InChI is InChI=1S/C14H22S/c1-3-4-5-6-7-14(15)13-10-8-12(2)9-11-13/h8-11,14-15H,3-7H2,1-2H3. The number of benzene rings is 1. The molecule has 1 atom stereocenters. The lowest BCUT2D eigenvalue weighted by Gasteiger charge is -2.10. The van der Waals surface area contributed by atoms with Gasteiger partial charge in [0, 0.05) is 5.25 Å². The molecule has 0 bridgehead atoms. The van der Waals surface area contributed by atoms with E-state index in [1.165, 1.54) is 43.2 Å². The summed E-state index contributed by atoms with van der Waals surface area (Å²) in [6.07, 6.45) is 6.51. The van der Waals surface area contributed by atoms with Crippen molar-refractivity contribution in [2.45, 2.75) is 51.2 Å². The molecule has 1 rings (SSSR count). The van der Waals surface area contributed by atoms with Crippen molar-refractivity contribution in [3.63, 3.8) is 0 Å². The summed E-state index contributed by atoms with van der Waals surface area (Å²) in [5.74, 6) is 0. The molecule has 0 aliphatic carbocycles. The van der Waals surface area contributed by atoms with E-state index in [2.05, 4.69) is 50.7 Å². The third kappa shape index (κ3) is 4.74. The summed E-state index contributed by atoms with van der Waals surface area (Å²) in [6, 6.07) is 8.74. The van der Waals surface area contributed by atoms with Crippen LogP contribution in [0, 0.1) is 6.92 Å². The molecule has 0 spiro atoms. The van der Waals surface area contributed by atoms with Crippen LogP contribution < -0.4 is 0 Å². The van der Waals surface area contributed by atoms with Crippen LogP contribution in [0.5, 0.6) is 0 Å². The van der Waals surface area contributed by atoms with Gasteiger partial charge in [-0.2, -0.15) is 12.6 Å². The second-order valence-electron chi connectivity index (χ2n) is 4.28. The first-order valence-electron chi connectivity index (χ1n) is 5.98. The lowest BCUT2D eigenvalue weighted by atomic mass is 10.0. The maximum atomic E-state index is 4.66. The summed E-state index contributed by atoms with van der Waals surface area (Å²) in [7, 11) is 0. The molecule has 1 aromatic carbocycles. The Balaban J connectivity index is 2.33. The van der Waals surface area contributed by atoms with Gasteiger partial charge in [-0.25, -0.2) is 0 Å². The minimum absolute atomic E-state index is 0.419. The van der Waals surface area contributed by atoms with E-state index >= 15 is 0 Å². The Morgan fingerprint density at radius 1 is 1.07 bits per heavy atom. The van der Waals surface area contributed by atoms with Gasteiger partial charge < -0.3 is 0 Å². The monoisotopic (exact) mass is 222 g/mol. The summed E-state index contributed by atoms with van der Waals surface area (Å²) < 4.78 is 0. The van der Waals surface area contributed by atoms with Crippen LogP contribution >= 0.6 is 12.6 Å². The third-order valence-electron chi connectivity index (χ3n) is 2.79. The summed E-state index contributed by atoms with van der Waals surface area (Å²) in [5.41, 5.74) is 2.69. The molecular weight excluding hydrogens is 200 g/mol. The molecular formula is C14H22S. The number of hydrogen-bond acceptors (Lipinski definition) is 1. The van der Waals surface area contributed by atoms with E-state index in [1.54, 1.807) is 0 Å². The van der Waals surface area contributed by atoms with Crippen molar-refractivity contribution in [1.29, 1.82) is 0 Å². The van der Waals surface area contributed by atoms with E-state index in [9.17, 15) is 0 Å². The van der Waals surface area contributed by atoms with E-state index in [4.69, 9.17) is 0 Å². The molecule has 0 aromatic heterocycles. The summed E-state index contributed by atoms with van der Waals surface area (Å²) in [6.45, 7) is 4.37. The normalized spacial score (nSPS) is 12.7. The predicted octanol–water partition coefficient (Wildman–Crippen LogP) is 4.94. The highest BCUT2D eigenvalue weighted by molar-refractivity contribution is 7.80. The van der Waals surface area contributed by atoms with Crippen LogP contribution in [0.3, 0.4) is 0 Å². The zero-order valence-electron chi connectivity index (χ0n) is 9.87. The quantitative estimate of drug-likeness (QED) is 0.511. The van der Waals surface area contributed by atoms with Crippen LogP contribution in [0.1, 0.15) is 55.4 Å². The van der Waals surface area contributed by atoms with Crippen LogP contribution in [-0.2, 0) is 0 Å². The predicted molar refractivity (Wildman–Crippen MR) is 71.7 cm³/mol. The van der Waals surface area contributed by atoms with E-state index in [0.717, 1.165) is 0 Å². The van der Waals surface area contributed by atoms with Crippen LogP contribution in [0.15, 0.2) is 24.3 Å². The second-order valence-corrected chi connectivity index (χ2v) is 4.90. The highest BCUT2D eigenvalue weighted by atomic mass is 32.1. The minimum Gasteiger partial charge on any atom is -0.171 e. The Kier molecular flexibility index (Phi) is 5.85. The van der Waals surface area contributed by atoms with E-state index in [1.807, 2.05) is 0 Å². The van der Waals surface area contributed by atoms with Crippen molar-refractivity contribution < 1.29 is 0 Å². The average molecular weight is 222 g/mol. The van der Waals surface area contributed by atoms with Crippen molar-refractivity contribution in [3.05, 3.63) is 35.4 Å². The van der Waals surface area contributed by atoms with Crippen molar-refractivity contribution in [2.75, 3.05) is 0 Å². The highest BCUT2D eigenvalue weighted by Gasteiger charge is 2.05. The first kappa shape index (κ1) is 12.6. The minimum atomic E-state index is 0.419. The molecule has 0 N–H and O–H groups in total. The lowest BCUT2D eigenvalue weighted by Crippen LogP contribution is -1.91. The summed E-state index contributed by atoms with van der Waals surface area (Å²) >= 11 is 4.66. The first-order valence-corrected chi connectivity index (χ1v) is 6.50. The Hall–Kier alpha value is -0.430. The highest BCUT2D eigenvalue weighted by Crippen LogP contribution is 2.26. The number of thiol groups is 1. The van der Waals surface area contributed by atoms with Crippen LogP contribution in [0.25, 0.3) is 0 Å².